The average Bonchev–Trinajstić information content (AvgIpc) is 2.41. The molecule has 2 rings (SSSR count). The second kappa shape index (κ2) is 6.33. The SMILES string of the molecule is COc1cccc(Sc2ccc(C)cc2C)c1[C@@H](C)O. The maximum absolute atomic E-state index is 10.0. The van der Waals surface area contributed by atoms with Crippen LogP contribution in [0.4, 0.5) is 0 Å². The zero-order valence-corrected chi connectivity index (χ0v) is 13.1. The maximum Gasteiger partial charge on any atom is 0.125 e. The molecule has 0 spiro atoms. The largest absolute Gasteiger partial charge is 0.496 e. The highest BCUT2D eigenvalue weighted by molar-refractivity contribution is 7.99. The zero-order chi connectivity index (χ0) is 14.7. The van der Waals surface area contributed by atoms with Crippen LogP contribution >= 0.6 is 11.8 Å². The lowest BCUT2D eigenvalue weighted by Crippen LogP contribution is -1.99. The van der Waals surface area contributed by atoms with E-state index in [1.807, 2.05) is 18.2 Å². The Bertz CT molecular complexity index is 606. The van der Waals surface area contributed by atoms with Crippen molar-refractivity contribution in [1.82, 2.24) is 0 Å². The summed E-state index contributed by atoms with van der Waals surface area (Å²) in [5, 5.41) is 10.0. The third-order valence-corrected chi connectivity index (χ3v) is 4.47. The normalized spacial score (nSPS) is 12.2. The number of hydrogen-bond donors (Lipinski definition) is 1. The molecule has 0 bridgehead atoms. The molecule has 0 aliphatic heterocycles. The minimum absolute atomic E-state index is 0.556. The van der Waals surface area contributed by atoms with Crippen LogP contribution in [0.2, 0.25) is 0 Å². The summed E-state index contributed by atoms with van der Waals surface area (Å²) < 4.78 is 5.36. The first-order valence-corrected chi connectivity index (χ1v) is 7.44. The van der Waals surface area contributed by atoms with Gasteiger partial charge in [-0.1, -0.05) is 35.5 Å². The monoisotopic (exact) mass is 288 g/mol. The Hall–Kier alpha value is -1.45. The Morgan fingerprint density at radius 3 is 2.45 bits per heavy atom. The number of ether oxygens (including phenoxy) is 1. The minimum Gasteiger partial charge on any atom is -0.496 e. The number of methoxy groups -OCH3 is 1. The van der Waals surface area contributed by atoms with Gasteiger partial charge in [-0.3, -0.25) is 0 Å². The molecule has 0 radical (unpaired) electrons. The van der Waals surface area contributed by atoms with E-state index in [2.05, 4.69) is 32.0 Å². The predicted octanol–water partition coefficient (Wildman–Crippen LogP) is 4.52. The first-order valence-electron chi connectivity index (χ1n) is 6.63. The predicted molar refractivity (Wildman–Crippen MR) is 83.7 cm³/mol. The number of aliphatic hydroxyl groups is 1. The number of aryl methyl sites for hydroxylation is 2. The van der Waals surface area contributed by atoms with Crippen molar-refractivity contribution >= 4 is 11.8 Å². The molecule has 2 aromatic rings. The maximum atomic E-state index is 10.0. The molecule has 0 unspecified atom stereocenters. The Kier molecular flexibility index (Phi) is 4.73. The molecule has 20 heavy (non-hydrogen) atoms. The molecule has 1 atom stereocenters. The molecule has 0 aliphatic rings. The molecule has 106 valence electrons. The van der Waals surface area contributed by atoms with E-state index in [0.717, 1.165) is 16.2 Å². The second-order valence-corrected chi connectivity index (χ2v) is 6.00. The van der Waals surface area contributed by atoms with E-state index < -0.39 is 6.10 Å². The fourth-order valence-electron chi connectivity index (χ4n) is 2.23. The van der Waals surface area contributed by atoms with Gasteiger partial charge in [-0.2, -0.15) is 0 Å². The van der Waals surface area contributed by atoms with Crippen molar-refractivity contribution in [2.24, 2.45) is 0 Å². The van der Waals surface area contributed by atoms with Crippen molar-refractivity contribution in [3.05, 3.63) is 53.1 Å². The molecule has 2 aromatic carbocycles. The van der Waals surface area contributed by atoms with E-state index in [-0.39, 0.29) is 0 Å². The van der Waals surface area contributed by atoms with E-state index in [4.69, 9.17) is 4.74 Å². The van der Waals surface area contributed by atoms with Gasteiger partial charge in [0.1, 0.15) is 5.75 Å². The van der Waals surface area contributed by atoms with Gasteiger partial charge in [0.2, 0.25) is 0 Å². The van der Waals surface area contributed by atoms with E-state index >= 15 is 0 Å². The number of benzene rings is 2. The molecule has 0 aliphatic carbocycles. The summed E-state index contributed by atoms with van der Waals surface area (Å²) in [4.78, 5) is 2.23. The van der Waals surface area contributed by atoms with Crippen LogP contribution in [0.1, 0.15) is 29.7 Å². The zero-order valence-electron chi connectivity index (χ0n) is 12.3. The van der Waals surface area contributed by atoms with E-state index in [0.29, 0.717) is 0 Å². The van der Waals surface area contributed by atoms with Crippen LogP contribution in [-0.4, -0.2) is 12.2 Å². The van der Waals surface area contributed by atoms with Gasteiger partial charge < -0.3 is 9.84 Å². The number of aliphatic hydroxyl groups excluding tert-OH is 1. The first-order chi connectivity index (χ1) is 9.52. The smallest absolute Gasteiger partial charge is 0.125 e. The fraction of sp³-hybridized carbons (Fsp3) is 0.294. The number of hydrogen-bond acceptors (Lipinski definition) is 3. The van der Waals surface area contributed by atoms with Gasteiger partial charge in [-0.05, 0) is 44.5 Å². The third-order valence-electron chi connectivity index (χ3n) is 3.21. The van der Waals surface area contributed by atoms with Crippen molar-refractivity contribution in [2.45, 2.75) is 36.7 Å². The molecule has 0 heterocycles. The molecule has 0 amide bonds. The van der Waals surface area contributed by atoms with Crippen LogP contribution in [-0.2, 0) is 0 Å². The van der Waals surface area contributed by atoms with Gasteiger partial charge in [0, 0.05) is 15.4 Å². The van der Waals surface area contributed by atoms with Gasteiger partial charge in [0.05, 0.1) is 13.2 Å². The minimum atomic E-state index is -0.556. The summed E-state index contributed by atoms with van der Waals surface area (Å²) in [5.41, 5.74) is 3.35. The van der Waals surface area contributed by atoms with Gasteiger partial charge in [-0.15, -0.1) is 0 Å². The highest BCUT2D eigenvalue weighted by Gasteiger charge is 2.15. The highest BCUT2D eigenvalue weighted by atomic mass is 32.2. The standard InChI is InChI=1S/C17H20O2S/c1-11-8-9-15(12(2)10-11)20-16-7-5-6-14(19-4)17(16)13(3)18/h5-10,13,18H,1-4H3/t13-/m1/s1. The fourth-order valence-corrected chi connectivity index (χ4v) is 3.36. The summed E-state index contributed by atoms with van der Waals surface area (Å²) in [6.45, 7) is 5.97. The average molecular weight is 288 g/mol. The lowest BCUT2D eigenvalue weighted by atomic mass is 10.1. The Balaban J connectivity index is 2.43. The quantitative estimate of drug-likeness (QED) is 0.897. The molecule has 0 aromatic heterocycles. The Labute approximate surface area is 124 Å². The van der Waals surface area contributed by atoms with Gasteiger partial charge in [-0.25, -0.2) is 0 Å². The van der Waals surface area contributed by atoms with Gasteiger partial charge in [0.25, 0.3) is 0 Å². The lowest BCUT2D eigenvalue weighted by Gasteiger charge is -2.16. The van der Waals surface area contributed by atoms with Crippen LogP contribution in [0.15, 0.2) is 46.2 Å². The van der Waals surface area contributed by atoms with Gasteiger partial charge >= 0.3 is 0 Å². The van der Waals surface area contributed by atoms with Crippen LogP contribution in [0, 0.1) is 13.8 Å². The summed E-state index contributed by atoms with van der Waals surface area (Å²) in [6.07, 6.45) is -0.556. The van der Waals surface area contributed by atoms with Crippen LogP contribution < -0.4 is 4.74 Å². The molecule has 2 nitrogen and oxygen atoms in total. The Morgan fingerprint density at radius 1 is 1.10 bits per heavy atom. The van der Waals surface area contributed by atoms with Crippen molar-refractivity contribution in [3.63, 3.8) is 0 Å². The number of rotatable bonds is 4. The third kappa shape index (κ3) is 3.17. The van der Waals surface area contributed by atoms with Crippen molar-refractivity contribution in [3.8, 4) is 5.75 Å². The molecule has 0 saturated carbocycles. The van der Waals surface area contributed by atoms with Crippen molar-refractivity contribution in [2.75, 3.05) is 7.11 Å². The Morgan fingerprint density at radius 2 is 1.85 bits per heavy atom. The molecule has 1 N–H and O–H groups in total. The summed E-state index contributed by atoms with van der Waals surface area (Å²) in [7, 11) is 1.63. The molecular formula is C17H20O2S. The second-order valence-electron chi connectivity index (χ2n) is 4.92. The molecular weight excluding hydrogens is 268 g/mol. The van der Waals surface area contributed by atoms with E-state index in [1.165, 1.54) is 16.0 Å². The highest BCUT2D eigenvalue weighted by Crippen LogP contribution is 2.39. The summed E-state index contributed by atoms with van der Waals surface area (Å²) >= 11 is 1.67. The summed E-state index contributed by atoms with van der Waals surface area (Å²) in [6, 6.07) is 12.3. The van der Waals surface area contributed by atoms with Crippen LogP contribution in [0.5, 0.6) is 5.75 Å². The van der Waals surface area contributed by atoms with Crippen molar-refractivity contribution < 1.29 is 9.84 Å². The molecule has 0 saturated heterocycles. The van der Waals surface area contributed by atoms with Gasteiger partial charge in [0.15, 0.2) is 0 Å². The summed E-state index contributed by atoms with van der Waals surface area (Å²) in [5.74, 6) is 0.731. The van der Waals surface area contributed by atoms with Crippen LogP contribution in [0.25, 0.3) is 0 Å². The lowest BCUT2D eigenvalue weighted by molar-refractivity contribution is 0.191. The molecule has 0 fully saturated rings. The van der Waals surface area contributed by atoms with Crippen LogP contribution in [0.3, 0.4) is 0 Å². The van der Waals surface area contributed by atoms with Crippen molar-refractivity contribution in [1.29, 1.82) is 0 Å². The first kappa shape index (κ1) is 14.9. The molecule has 3 heteroatoms. The van der Waals surface area contributed by atoms with E-state index in [9.17, 15) is 5.11 Å². The topological polar surface area (TPSA) is 29.5 Å². The van der Waals surface area contributed by atoms with E-state index in [1.54, 1.807) is 25.8 Å².